The first-order valence-electron chi connectivity index (χ1n) is 17.2. The van der Waals surface area contributed by atoms with Crippen LogP contribution >= 0.6 is 0 Å². The average Bonchev–Trinajstić information content (AvgIpc) is 3.71. The molecule has 0 unspecified atom stereocenters. The molecule has 0 aromatic heterocycles. The maximum absolute atomic E-state index is 13.2. The highest BCUT2D eigenvalue weighted by molar-refractivity contribution is 6.27. The summed E-state index contributed by atoms with van der Waals surface area (Å²) in [6.07, 6.45) is -5.03. The van der Waals surface area contributed by atoms with E-state index in [0.29, 0.717) is 44.8 Å². The number of nitrogens with zero attached hydrogens (tertiary/aromatic N) is 4. The van der Waals surface area contributed by atoms with Crippen molar-refractivity contribution in [1.29, 1.82) is 10.5 Å². The Hall–Kier alpha value is -6.78. The second-order valence-corrected chi connectivity index (χ2v) is 14.3. The van der Waals surface area contributed by atoms with Gasteiger partial charge >= 0.3 is 12.4 Å². The van der Waals surface area contributed by atoms with Gasteiger partial charge in [-0.05, 0) is 127 Å². The van der Waals surface area contributed by atoms with Crippen LogP contribution in [0, 0.1) is 22.9 Å². The molecule has 10 heteroatoms. The summed E-state index contributed by atoms with van der Waals surface area (Å²) in [4.78, 5) is 8.48. The predicted molar refractivity (Wildman–Crippen MR) is 198 cm³/mol. The van der Waals surface area contributed by atoms with Crippen LogP contribution in [0.4, 0.5) is 26.3 Å². The number of hydrogen-bond donors (Lipinski definition) is 0. The van der Waals surface area contributed by atoms with Crippen LogP contribution in [-0.4, -0.2) is 11.4 Å². The normalized spacial score (nSPS) is 15.8. The molecular formula is C45H24F6N4. The Kier molecular flexibility index (Phi) is 7.18. The number of aliphatic imine (C=N–C) groups is 2. The van der Waals surface area contributed by atoms with Crippen LogP contribution in [-0.2, 0) is 17.8 Å². The van der Waals surface area contributed by atoms with Crippen LogP contribution in [0.1, 0.15) is 58.4 Å². The third-order valence-electron chi connectivity index (χ3n) is 11.0. The first-order valence-corrected chi connectivity index (χ1v) is 17.2. The van der Waals surface area contributed by atoms with Gasteiger partial charge in [-0.1, -0.05) is 62.4 Å². The van der Waals surface area contributed by atoms with Crippen molar-refractivity contribution < 1.29 is 26.3 Å². The molecular weight excluding hydrogens is 711 g/mol. The molecule has 9 rings (SSSR count). The highest BCUT2D eigenvalue weighted by atomic mass is 19.4. The molecule has 0 amide bonds. The van der Waals surface area contributed by atoms with E-state index in [4.69, 9.17) is 0 Å². The van der Waals surface area contributed by atoms with Gasteiger partial charge in [-0.2, -0.15) is 46.9 Å². The van der Waals surface area contributed by atoms with Crippen molar-refractivity contribution in [2.75, 3.05) is 0 Å². The van der Waals surface area contributed by atoms with Crippen molar-refractivity contribution in [3.05, 3.63) is 154 Å². The van der Waals surface area contributed by atoms with Gasteiger partial charge in [-0.3, -0.25) is 0 Å². The third-order valence-corrected chi connectivity index (χ3v) is 11.0. The van der Waals surface area contributed by atoms with Crippen LogP contribution in [0.25, 0.3) is 55.6 Å². The van der Waals surface area contributed by atoms with E-state index in [9.17, 15) is 36.9 Å². The van der Waals surface area contributed by atoms with Gasteiger partial charge in [0.05, 0.1) is 22.6 Å². The van der Waals surface area contributed by atoms with Crippen molar-refractivity contribution in [2.24, 2.45) is 9.98 Å². The molecule has 0 N–H and O–H groups in total. The van der Waals surface area contributed by atoms with Crippen molar-refractivity contribution >= 4 is 11.4 Å². The average molecular weight is 735 g/mol. The van der Waals surface area contributed by atoms with Gasteiger partial charge in [0, 0.05) is 27.7 Å². The Morgan fingerprint density at radius 3 is 1.11 bits per heavy atom. The number of alkyl halides is 6. The lowest BCUT2D eigenvalue weighted by molar-refractivity contribution is -0.138. The second kappa shape index (κ2) is 11.6. The maximum atomic E-state index is 13.2. The van der Waals surface area contributed by atoms with Crippen LogP contribution in [0.3, 0.4) is 0 Å². The van der Waals surface area contributed by atoms with Crippen LogP contribution < -0.4 is 0 Å². The lowest BCUT2D eigenvalue weighted by Gasteiger charge is -2.23. The van der Waals surface area contributed by atoms with Gasteiger partial charge in [0.1, 0.15) is 0 Å². The molecule has 0 bridgehead atoms. The third kappa shape index (κ3) is 5.13. The molecule has 0 heterocycles. The summed E-state index contributed by atoms with van der Waals surface area (Å²) >= 11 is 0. The standard InChI is InChI=1S/C45H24F6N4/c1-43(2)39-19-31-29-13-7-25(23-3-9-27(10-4-23)44(46,47)48)15-35(29)41(54-21-52)37(31)17-33(39)34-18-38-32(20-40(34)43)30-14-8-26(16-36(30)42(38)55-22-53)24-5-11-28(12-6-24)45(49,50)51/h3-20H,1-2H3. The number of fused-ring (bicyclic) bond motifs is 9. The Morgan fingerprint density at radius 2 is 0.764 bits per heavy atom. The van der Waals surface area contributed by atoms with Crippen LogP contribution in [0.15, 0.2) is 119 Å². The Bertz CT molecular complexity index is 2620. The zero-order chi connectivity index (χ0) is 38.6. The van der Waals surface area contributed by atoms with E-state index in [1.165, 1.54) is 24.3 Å². The van der Waals surface area contributed by atoms with Crippen LogP contribution in [0.2, 0.25) is 0 Å². The second-order valence-electron chi connectivity index (χ2n) is 14.3. The van der Waals surface area contributed by atoms with E-state index in [1.807, 2.05) is 60.9 Å². The monoisotopic (exact) mass is 734 g/mol. The zero-order valence-electron chi connectivity index (χ0n) is 28.9. The molecule has 55 heavy (non-hydrogen) atoms. The lowest BCUT2D eigenvalue weighted by Crippen LogP contribution is -2.15. The minimum Gasteiger partial charge on any atom is -0.172 e. The number of hydrogen-bond acceptors (Lipinski definition) is 4. The SMILES string of the molecule is CC1(C)c2cc3c(cc2-c2cc4c(cc21)-c1ccc(-c2ccc(C(F)(F)F)cc2)cc1C4=NC#N)C(=NC#N)c1cc(-c2ccc(C(F)(F)F)cc2)ccc1-3. The van der Waals surface area contributed by atoms with E-state index in [-0.39, 0.29) is 0 Å². The van der Waals surface area contributed by atoms with Gasteiger partial charge in [-0.25, -0.2) is 0 Å². The molecule has 6 aromatic rings. The zero-order valence-corrected chi connectivity index (χ0v) is 28.9. The molecule has 0 saturated carbocycles. The molecule has 0 atom stereocenters. The molecule has 0 spiro atoms. The minimum absolute atomic E-state index is 0.464. The summed E-state index contributed by atoms with van der Waals surface area (Å²) in [7, 11) is 0. The molecule has 4 nitrogen and oxygen atoms in total. The molecule has 3 aliphatic carbocycles. The smallest absolute Gasteiger partial charge is 0.172 e. The molecule has 0 fully saturated rings. The summed E-state index contributed by atoms with van der Waals surface area (Å²) in [6, 6.07) is 29.5. The fourth-order valence-corrected chi connectivity index (χ4v) is 8.31. The van der Waals surface area contributed by atoms with Crippen LogP contribution in [0.5, 0.6) is 0 Å². The topological polar surface area (TPSA) is 72.3 Å². The number of nitriles is 2. The number of rotatable bonds is 2. The molecule has 0 radical (unpaired) electrons. The number of benzene rings is 6. The van der Waals surface area contributed by atoms with Crippen molar-refractivity contribution in [2.45, 2.75) is 31.6 Å². The molecule has 266 valence electrons. The first kappa shape index (κ1) is 34.0. The Labute approximate surface area is 311 Å². The van der Waals surface area contributed by atoms with Crippen molar-refractivity contribution in [3.8, 4) is 68.0 Å². The van der Waals surface area contributed by atoms with Crippen molar-refractivity contribution in [1.82, 2.24) is 0 Å². The molecule has 0 aliphatic heterocycles. The van der Waals surface area contributed by atoms with Gasteiger partial charge in [-0.15, -0.1) is 0 Å². The Morgan fingerprint density at radius 1 is 0.418 bits per heavy atom. The highest BCUT2D eigenvalue weighted by Gasteiger charge is 2.41. The van der Waals surface area contributed by atoms with Gasteiger partial charge in [0.25, 0.3) is 0 Å². The van der Waals surface area contributed by atoms with E-state index in [1.54, 1.807) is 0 Å². The highest BCUT2D eigenvalue weighted by Crippen LogP contribution is 2.55. The maximum Gasteiger partial charge on any atom is 0.416 e. The summed E-state index contributed by atoms with van der Waals surface area (Å²) in [6.45, 7) is 4.27. The predicted octanol–water partition coefficient (Wildman–Crippen LogP) is 12.0. The van der Waals surface area contributed by atoms with E-state index in [0.717, 1.165) is 79.9 Å². The van der Waals surface area contributed by atoms with Gasteiger partial charge < -0.3 is 0 Å². The lowest BCUT2D eigenvalue weighted by atomic mass is 9.80. The molecule has 3 aliphatic rings. The summed E-state index contributed by atoms with van der Waals surface area (Å²) in [5, 5.41) is 19.6. The van der Waals surface area contributed by atoms with Crippen molar-refractivity contribution in [3.63, 3.8) is 0 Å². The number of halogens is 6. The minimum atomic E-state index is -4.45. The summed E-state index contributed by atoms with van der Waals surface area (Å²) in [5.41, 5.74) is 11.9. The fraction of sp³-hybridized carbons (Fsp3) is 0.111. The van der Waals surface area contributed by atoms with Gasteiger partial charge in [0.15, 0.2) is 0 Å². The fourth-order valence-electron chi connectivity index (χ4n) is 8.31. The summed E-state index contributed by atoms with van der Waals surface area (Å²) in [5.74, 6) is 0. The van der Waals surface area contributed by atoms with E-state index in [2.05, 4.69) is 36.0 Å². The van der Waals surface area contributed by atoms with Gasteiger partial charge in [0.2, 0.25) is 12.4 Å². The molecule has 0 saturated heterocycles. The van der Waals surface area contributed by atoms with E-state index >= 15 is 0 Å². The first-order chi connectivity index (χ1) is 26.2. The van der Waals surface area contributed by atoms with E-state index < -0.39 is 28.9 Å². The molecule has 6 aromatic carbocycles. The Balaban J connectivity index is 1.14. The quantitative estimate of drug-likeness (QED) is 0.131. The summed E-state index contributed by atoms with van der Waals surface area (Å²) < 4.78 is 79.4. The largest absolute Gasteiger partial charge is 0.416 e.